The van der Waals surface area contributed by atoms with Gasteiger partial charge in [-0.3, -0.25) is 5.41 Å². The summed E-state index contributed by atoms with van der Waals surface area (Å²) in [6.07, 6.45) is 3.37. The molecule has 10 heavy (non-hydrogen) atoms. The van der Waals surface area contributed by atoms with Gasteiger partial charge >= 0.3 is 0 Å². The van der Waals surface area contributed by atoms with Crippen LogP contribution in [0.15, 0.2) is 10.2 Å². The van der Waals surface area contributed by atoms with E-state index in [0.717, 1.165) is 12.8 Å². The monoisotopic (exact) mass is 142 g/mol. The van der Waals surface area contributed by atoms with Crippen LogP contribution in [0.3, 0.4) is 0 Å². The van der Waals surface area contributed by atoms with E-state index in [1.807, 2.05) is 0 Å². The standard InChI is InChI=1S/C6H14N4/c1-2-3-4-5-9-10-6(7)8/h2-5H2,1H3,(H3,7,8). The predicted octanol–water partition coefficient (Wildman–Crippen LogP) is 1.52. The van der Waals surface area contributed by atoms with Crippen molar-refractivity contribution in [3.63, 3.8) is 0 Å². The third-order valence-corrected chi connectivity index (χ3v) is 1.04. The summed E-state index contributed by atoms with van der Waals surface area (Å²) in [4.78, 5) is 0. The number of rotatable bonds is 4. The first-order chi connectivity index (χ1) is 4.77. The summed E-state index contributed by atoms with van der Waals surface area (Å²) in [7, 11) is 0. The zero-order valence-electron chi connectivity index (χ0n) is 6.30. The van der Waals surface area contributed by atoms with Crippen LogP contribution in [0.4, 0.5) is 0 Å². The summed E-state index contributed by atoms with van der Waals surface area (Å²) in [6.45, 7) is 2.82. The van der Waals surface area contributed by atoms with Crippen LogP contribution in [0.2, 0.25) is 0 Å². The molecule has 0 aliphatic rings. The highest BCUT2D eigenvalue weighted by atomic mass is 15.2. The lowest BCUT2D eigenvalue weighted by molar-refractivity contribution is 0.714. The molecule has 0 aliphatic heterocycles. The average molecular weight is 142 g/mol. The van der Waals surface area contributed by atoms with Gasteiger partial charge < -0.3 is 5.73 Å². The molecule has 0 bridgehead atoms. The second-order valence-corrected chi connectivity index (χ2v) is 2.06. The van der Waals surface area contributed by atoms with E-state index >= 15 is 0 Å². The second kappa shape index (κ2) is 6.19. The Balaban J connectivity index is 3.10. The number of nitrogens with one attached hydrogen (secondary N) is 1. The fourth-order valence-electron chi connectivity index (χ4n) is 0.559. The molecule has 58 valence electrons. The third-order valence-electron chi connectivity index (χ3n) is 1.04. The van der Waals surface area contributed by atoms with Crippen molar-refractivity contribution >= 4 is 5.96 Å². The van der Waals surface area contributed by atoms with Gasteiger partial charge in [-0.2, -0.15) is 5.11 Å². The Hall–Kier alpha value is -0.930. The van der Waals surface area contributed by atoms with Crippen LogP contribution in [0, 0.1) is 5.41 Å². The van der Waals surface area contributed by atoms with Gasteiger partial charge in [-0.25, -0.2) is 0 Å². The van der Waals surface area contributed by atoms with Crippen molar-refractivity contribution in [3.05, 3.63) is 0 Å². The molecule has 0 unspecified atom stereocenters. The number of guanidine groups is 1. The highest BCUT2D eigenvalue weighted by molar-refractivity contribution is 5.74. The number of nitrogens with zero attached hydrogens (tertiary/aromatic N) is 2. The van der Waals surface area contributed by atoms with Gasteiger partial charge in [0.15, 0.2) is 0 Å². The molecule has 0 spiro atoms. The fourth-order valence-corrected chi connectivity index (χ4v) is 0.559. The van der Waals surface area contributed by atoms with E-state index in [1.165, 1.54) is 6.42 Å². The number of azo groups is 1. The lowest BCUT2D eigenvalue weighted by Gasteiger charge is -1.89. The summed E-state index contributed by atoms with van der Waals surface area (Å²) < 4.78 is 0. The first kappa shape index (κ1) is 9.07. The minimum absolute atomic E-state index is 0.212. The van der Waals surface area contributed by atoms with Crippen LogP contribution >= 0.6 is 0 Å². The Morgan fingerprint density at radius 3 is 2.70 bits per heavy atom. The molecule has 0 aliphatic carbocycles. The first-order valence-corrected chi connectivity index (χ1v) is 3.49. The van der Waals surface area contributed by atoms with Gasteiger partial charge in [0, 0.05) is 0 Å². The molecule has 0 aromatic carbocycles. The Morgan fingerprint density at radius 1 is 1.50 bits per heavy atom. The molecule has 0 amide bonds. The number of nitrogens with two attached hydrogens (primary N) is 1. The van der Waals surface area contributed by atoms with Crippen molar-refractivity contribution in [2.45, 2.75) is 26.2 Å². The maximum atomic E-state index is 6.69. The summed E-state index contributed by atoms with van der Waals surface area (Å²) in [5, 5.41) is 13.8. The molecule has 0 aromatic heterocycles. The second-order valence-electron chi connectivity index (χ2n) is 2.06. The maximum Gasteiger partial charge on any atom is 0.232 e. The molecule has 0 saturated carbocycles. The lowest BCUT2D eigenvalue weighted by Crippen LogP contribution is -2.04. The van der Waals surface area contributed by atoms with Gasteiger partial charge in [0.25, 0.3) is 0 Å². The van der Waals surface area contributed by atoms with Crippen LogP contribution in [0.25, 0.3) is 0 Å². The van der Waals surface area contributed by atoms with Crippen LogP contribution in [0.5, 0.6) is 0 Å². The van der Waals surface area contributed by atoms with Crippen LogP contribution in [0.1, 0.15) is 26.2 Å². The van der Waals surface area contributed by atoms with Crippen LogP contribution in [-0.2, 0) is 0 Å². The molecule has 4 heteroatoms. The minimum atomic E-state index is -0.212. The molecule has 0 aromatic rings. The van der Waals surface area contributed by atoms with Crippen molar-refractivity contribution in [1.29, 1.82) is 5.41 Å². The smallest absolute Gasteiger partial charge is 0.232 e. The molecule has 0 fully saturated rings. The Labute approximate surface area is 61.0 Å². The van der Waals surface area contributed by atoms with Crippen molar-refractivity contribution in [2.75, 3.05) is 6.54 Å². The van der Waals surface area contributed by atoms with Crippen LogP contribution in [-0.4, -0.2) is 12.5 Å². The Bertz CT molecular complexity index is 119. The Kier molecular flexibility index (Phi) is 5.62. The zero-order chi connectivity index (χ0) is 7.82. The maximum absolute atomic E-state index is 6.69. The summed E-state index contributed by atoms with van der Waals surface area (Å²) in [5.41, 5.74) is 4.93. The van der Waals surface area contributed by atoms with E-state index in [1.54, 1.807) is 0 Å². The van der Waals surface area contributed by atoms with E-state index in [-0.39, 0.29) is 5.96 Å². The minimum Gasteiger partial charge on any atom is -0.367 e. The van der Waals surface area contributed by atoms with Crippen molar-refractivity contribution < 1.29 is 0 Å². The van der Waals surface area contributed by atoms with Crippen molar-refractivity contribution in [3.8, 4) is 0 Å². The van der Waals surface area contributed by atoms with E-state index in [0.29, 0.717) is 6.54 Å². The van der Waals surface area contributed by atoms with Gasteiger partial charge in [-0.1, -0.05) is 19.8 Å². The number of hydrogen-bond acceptors (Lipinski definition) is 2. The van der Waals surface area contributed by atoms with Gasteiger partial charge in [0.05, 0.1) is 6.54 Å². The molecule has 4 nitrogen and oxygen atoms in total. The van der Waals surface area contributed by atoms with Crippen molar-refractivity contribution in [2.24, 2.45) is 16.0 Å². The van der Waals surface area contributed by atoms with Crippen LogP contribution < -0.4 is 5.73 Å². The average Bonchev–Trinajstić information content (AvgIpc) is 1.87. The van der Waals surface area contributed by atoms with Crippen molar-refractivity contribution in [1.82, 2.24) is 0 Å². The summed E-state index contributed by atoms with van der Waals surface area (Å²) >= 11 is 0. The predicted molar refractivity (Wildman–Crippen MR) is 41.2 cm³/mol. The number of hydrogen-bond donors (Lipinski definition) is 2. The highest BCUT2D eigenvalue weighted by Crippen LogP contribution is 1.93. The fraction of sp³-hybridized carbons (Fsp3) is 0.833. The molecule has 3 N–H and O–H groups in total. The Morgan fingerprint density at radius 2 is 2.20 bits per heavy atom. The van der Waals surface area contributed by atoms with E-state index in [9.17, 15) is 0 Å². The summed E-state index contributed by atoms with van der Waals surface area (Å²) in [5.74, 6) is -0.212. The zero-order valence-corrected chi connectivity index (χ0v) is 6.30. The van der Waals surface area contributed by atoms with E-state index < -0.39 is 0 Å². The summed E-state index contributed by atoms with van der Waals surface area (Å²) in [6, 6.07) is 0. The van der Waals surface area contributed by atoms with Gasteiger partial charge in [0.2, 0.25) is 5.96 Å². The largest absolute Gasteiger partial charge is 0.367 e. The van der Waals surface area contributed by atoms with Gasteiger partial charge in [-0.05, 0) is 6.42 Å². The highest BCUT2D eigenvalue weighted by Gasteiger charge is 1.82. The van der Waals surface area contributed by atoms with E-state index in [2.05, 4.69) is 17.2 Å². The normalized spacial score (nSPS) is 10.5. The first-order valence-electron chi connectivity index (χ1n) is 3.49. The molecule has 0 radical (unpaired) electrons. The van der Waals surface area contributed by atoms with Gasteiger partial charge in [-0.15, -0.1) is 5.11 Å². The molecular formula is C6H14N4. The van der Waals surface area contributed by atoms with E-state index in [4.69, 9.17) is 11.1 Å². The molecule has 0 atom stereocenters. The molecule has 0 saturated heterocycles. The molecule has 0 heterocycles. The number of unbranched alkanes of at least 4 members (excludes halogenated alkanes) is 2. The quantitative estimate of drug-likeness (QED) is 0.265. The molecule has 0 rings (SSSR count). The molecular weight excluding hydrogens is 128 g/mol. The van der Waals surface area contributed by atoms with Gasteiger partial charge in [0.1, 0.15) is 0 Å². The lowest BCUT2D eigenvalue weighted by atomic mass is 10.3. The topological polar surface area (TPSA) is 74.6 Å². The SMILES string of the molecule is CCCCCN=NC(=N)N. The third kappa shape index (κ3) is 7.07.